The summed E-state index contributed by atoms with van der Waals surface area (Å²) < 4.78 is 37.8. The molecule has 0 aromatic heterocycles. The average molecular weight is 305 g/mol. The number of alkyl halides is 3. The van der Waals surface area contributed by atoms with Crippen LogP contribution in [0.1, 0.15) is 12.8 Å². The molecule has 18 heavy (non-hydrogen) atoms. The third-order valence-corrected chi connectivity index (χ3v) is 4.15. The summed E-state index contributed by atoms with van der Waals surface area (Å²) >= 11 is 1.60. The molecule has 2 aliphatic rings. The van der Waals surface area contributed by atoms with Crippen molar-refractivity contribution in [3.05, 3.63) is 0 Å². The van der Waals surface area contributed by atoms with E-state index in [-0.39, 0.29) is 37.3 Å². The third-order valence-electron chi connectivity index (χ3n) is 3.21. The lowest BCUT2D eigenvalue weighted by atomic mass is 9.97. The number of hydrogen-bond acceptors (Lipinski definition) is 3. The van der Waals surface area contributed by atoms with E-state index in [1.165, 1.54) is 4.90 Å². The zero-order chi connectivity index (χ0) is 12.5. The van der Waals surface area contributed by atoms with Gasteiger partial charge in [0.25, 0.3) is 0 Å². The number of rotatable bonds is 1. The number of likely N-dealkylation sites (tertiary alicyclic amines) is 1. The zero-order valence-electron chi connectivity index (χ0n) is 9.70. The topological polar surface area (TPSA) is 32.3 Å². The fourth-order valence-corrected chi connectivity index (χ4v) is 3.15. The number of nitrogens with zero attached hydrogens (tertiary/aromatic N) is 1. The van der Waals surface area contributed by atoms with Gasteiger partial charge in [-0.3, -0.25) is 10.1 Å². The predicted molar refractivity (Wildman–Crippen MR) is 66.9 cm³/mol. The van der Waals surface area contributed by atoms with E-state index in [9.17, 15) is 18.0 Å². The van der Waals surface area contributed by atoms with Crippen molar-refractivity contribution in [2.75, 3.05) is 24.7 Å². The van der Waals surface area contributed by atoms with E-state index >= 15 is 0 Å². The minimum Gasteiger partial charge on any atom is -0.341 e. The van der Waals surface area contributed by atoms with Gasteiger partial charge in [0, 0.05) is 24.7 Å². The van der Waals surface area contributed by atoms with Crippen LogP contribution < -0.4 is 5.32 Å². The van der Waals surface area contributed by atoms with Crippen LogP contribution in [0.4, 0.5) is 13.2 Å². The molecule has 106 valence electrons. The first kappa shape index (κ1) is 15.9. The Morgan fingerprint density at radius 3 is 2.67 bits per heavy atom. The van der Waals surface area contributed by atoms with Crippen molar-refractivity contribution in [1.82, 2.24) is 10.2 Å². The highest BCUT2D eigenvalue weighted by atomic mass is 35.5. The number of amides is 1. The number of nitrogens with one attached hydrogen (secondary N) is 1. The van der Waals surface area contributed by atoms with Crippen LogP contribution in [0.25, 0.3) is 0 Å². The van der Waals surface area contributed by atoms with Crippen molar-refractivity contribution in [3.63, 3.8) is 0 Å². The summed E-state index contributed by atoms with van der Waals surface area (Å²) in [5, 5.41) is 3.00. The first-order valence-electron chi connectivity index (χ1n) is 5.65. The standard InChI is InChI=1S/C10H15F3N2OS.ClH/c11-10(12,13)7-2-1-3-15(4-7)9(16)8-5-17-6-14-8;/h7-8,14H,1-6H2;1H. The molecule has 2 atom stereocenters. The van der Waals surface area contributed by atoms with Gasteiger partial charge in [0.1, 0.15) is 0 Å². The normalized spacial score (nSPS) is 28.9. The molecule has 2 aliphatic heterocycles. The maximum absolute atomic E-state index is 12.6. The molecule has 0 radical (unpaired) electrons. The van der Waals surface area contributed by atoms with Crippen molar-refractivity contribution in [2.24, 2.45) is 5.92 Å². The molecular weight excluding hydrogens is 289 g/mol. The van der Waals surface area contributed by atoms with Crippen LogP contribution in [0, 0.1) is 5.92 Å². The molecule has 0 saturated carbocycles. The Labute approximate surface area is 114 Å². The van der Waals surface area contributed by atoms with Crippen LogP contribution in [0.5, 0.6) is 0 Å². The second kappa shape index (κ2) is 6.34. The molecule has 3 nitrogen and oxygen atoms in total. The van der Waals surface area contributed by atoms with Gasteiger partial charge in [0.2, 0.25) is 5.91 Å². The molecule has 0 aliphatic carbocycles. The monoisotopic (exact) mass is 304 g/mol. The maximum Gasteiger partial charge on any atom is 0.393 e. The summed E-state index contributed by atoms with van der Waals surface area (Å²) in [7, 11) is 0. The molecule has 2 saturated heterocycles. The Morgan fingerprint density at radius 1 is 1.39 bits per heavy atom. The van der Waals surface area contributed by atoms with Crippen molar-refractivity contribution in [1.29, 1.82) is 0 Å². The minimum absolute atomic E-state index is 0. The Morgan fingerprint density at radius 2 is 2.11 bits per heavy atom. The Balaban J connectivity index is 0.00000162. The highest BCUT2D eigenvalue weighted by Gasteiger charge is 2.43. The van der Waals surface area contributed by atoms with Crippen LogP contribution in [0.2, 0.25) is 0 Å². The van der Waals surface area contributed by atoms with E-state index in [0.29, 0.717) is 24.6 Å². The lowest BCUT2D eigenvalue weighted by molar-refractivity contribution is -0.188. The molecule has 2 heterocycles. The van der Waals surface area contributed by atoms with E-state index in [1.54, 1.807) is 11.8 Å². The van der Waals surface area contributed by atoms with Gasteiger partial charge in [-0.1, -0.05) is 0 Å². The molecule has 0 bridgehead atoms. The molecule has 0 spiro atoms. The largest absolute Gasteiger partial charge is 0.393 e. The predicted octanol–water partition coefficient (Wildman–Crippen LogP) is 1.87. The van der Waals surface area contributed by atoms with Crippen LogP contribution in [-0.2, 0) is 4.79 Å². The van der Waals surface area contributed by atoms with E-state index in [4.69, 9.17) is 0 Å². The van der Waals surface area contributed by atoms with Crippen LogP contribution >= 0.6 is 24.2 Å². The molecule has 2 fully saturated rings. The zero-order valence-corrected chi connectivity index (χ0v) is 11.3. The number of halogens is 4. The van der Waals surface area contributed by atoms with Gasteiger partial charge in [-0.15, -0.1) is 24.2 Å². The van der Waals surface area contributed by atoms with Crippen molar-refractivity contribution in [2.45, 2.75) is 25.1 Å². The Hall–Kier alpha value is -0.140. The number of carbonyl (C=O) groups excluding carboxylic acids is 1. The fraction of sp³-hybridized carbons (Fsp3) is 0.900. The average Bonchev–Trinajstić information content (AvgIpc) is 2.80. The van der Waals surface area contributed by atoms with Crippen molar-refractivity contribution >= 4 is 30.1 Å². The summed E-state index contributed by atoms with van der Waals surface area (Å²) in [5.41, 5.74) is 0. The van der Waals surface area contributed by atoms with Gasteiger partial charge in [-0.2, -0.15) is 13.2 Å². The van der Waals surface area contributed by atoms with E-state index in [1.807, 2.05) is 0 Å². The van der Waals surface area contributed by atoms with Crippen molar-refractivity contribution < 1.29 is 18.0 Å². The van der Waals surface area contributed by atoms with Gasteiger partial charge >= 0.3 is 6.18 Å². The number of carbonyl (C=O) groups is 1. The van der Waals surface area contributed by atoms with Crippen LogP contribution in [-0.4, -0.2) is 47.7 Å². The molecule has 2 unspecified atom stereocenters. The molecule has 2 rings (SSSR count). The summed E-state index contributed by atoms with van der Waals surface area (Å²) in [5.74, 6) is -0.169. The summed E-state index contributed by atoms with van der Waals surface area (Å²) in [6, 6.07) is -0.299. The second-order valence-electron chi connectivity index (χ2n) is 4.44. The highest BCUT2D eigenvalue weighted by Crippen LogP contribution is 2.33. The quantitative estimate of drug-likeness (QED) is 0.803. The number of piperidine rings is 1. The number of hydrogen-bond donors (Lipinski definition) is 1. The summed E-state index contributed by atoms with van der Waals surface area (Å²) in [6.07, 6.45) is -3.60. The van der Waals surface area contributed by atoms with Crippen LogP contribution in [0.15, 0.2) is 0 Å². The highest BCUT2D eigenvalue weighted by molar-refractivity contribution is 7.99. The number of thioether (sulfide) groups is 1. The van der Waals surface area contributed by atoms with Crippen LogP contribution in [0.3, 0.4) is 0 Å². The first-order chi connectivity index (χ1) is 7.98. The lowest BCUT2D eigenvalue weighted by Crippen LogP contribution is -2.50. The fourth-order valence-electron chi connectivity index (χ4n) is 2.22. The molecular formula is C10H16ClF3N2OS. The van der Waals surface area contributed by atoms with Crippen molar-refractivity contribution in [3.8, 4) is 0 Å². The summed E-state index contributed by atoms with van der Waals surface area (Å²) in [6.45, 7) is 0.277. The SMILES string of the molecule is Cl.O=C(C1CSCN1)N1CCCC(C(F)(F)F)C1. The summed E-state index contributed by atoms with van der Waals surface area (Å²) in [4.78, 5) is 13.3. The first-order valence-corrected chi connectivity index (χ1v) is 6.80. The van der Waals surface area contributed by atoms with Gasteiger partial charge in [0.05, 0.1) is 12.0 Å². The maximum atomic E-state index is 12.6. The Kier molecular flexibility index (Phi) is 5.61. The lowest BCUT2D eigenvalue weighted by Gasteiger charge is -2.35. The van der Waals surface area contributed by atoms with Gasteiger partial charge in [-0.05, 0) is 12.8 Å². The molecule has 1 amide bonds. The molecule has 8 heteroatoms. The smallest absolute Gasteiger partial charge is 0.341 e. The third kappa shape index (κ3) is 3.68. The van der Waals surface area contributed by atoms with Gasteiger partial charge in [0.15, 0.2) is 0 Å². The minimum atomic E-state index is -4.18. The molecule has 0 aromatic rings. The van der Waals surface area contributed by atoms with E-state index < -0.39 is 12.1 Å². The van der Waals surface area contributed by atoms with Gasteiger partial charge < -0.3 is 4.90 Å². The van der Waals surface area contributed by atoms with Gasteiger partial charge in [-0.25, -0.2) is 0 Å². The Bertz CT molecular complexity index is 297. The molecule has 0 aromatic carbocycles. The molecule has 1 N–H and O–H groups in total. The second-order valence-corrected chi connectivity index (χ2v) is 5.47. The van der Waals surface area contributed by atoms with E-state index in [0.717, 1.165) is 0 Å². The van der Waals surface area contributed by atoms with E-state index in [2.05, 4.69) is 5.32 Å².